The number of alkyl halides is 1. The Kier molecular flexibility index (Phi) is 4.25. The third-order valence-electron chi connectivity index (χ3n) is 3.21. The molecule has 0 aromatic heterocycles. The fourth-order valence-electron chi connectivity index (χ4n) is 2.16. The number of hydrogen-bond acceptors (Lipinski definition) is 2. The van der Waals surface area contributed by atoms with E-state index in [2.05, 4.69) is 4.72 Å². The van der Waals surface area contributed by atoms with Crippen molar-refractivity contribution < 1.29 is 12.8 Å². The number of halogens is 2. The van der Waals surface area contributed by atoms with Crippen molar-refractivity contribution in [1.82, 2.24) is 4.72 Å². The van der Waals surface area contributed by atoms with E-state index < -0.39 is 15.8 Å². The first-order valence-electron chi connectivity index (χ1n) is 5.88. The quantitative estimate of drug-likeness (QED) is 0.867. The number of sulfonamides is 1. The highest BCUT2D eigenvalue weighted by molar-refractivity contribution is 7.89. The summed E-state index contributed by atoms with van der Waals surface area (Å²) in [5.74, 6) is -0.399. The summed E-state index contributed by atoms with van der Waals surface area (Å²) in [6, 6.07) is 4.97. The van der Waals surface area contributed by atoms with Gasteiger partial charge < -0.3 is 0 Å². The van der Waals surface area contributed by atoms with E-state index in [1.807, 2.05) is 0 Å². The van der Waals surface area contributed by atoms with E-state index in [9.17, 15) is 12.8 Å². The maximum Gasteiger partial charge on any atom is 0.240 e. The molecule has 100 valence electrons. The van der Waals surface area contributed by atoms with Crippen LogP contribution in [0.3, 0.4) is 0 Å². The van der Waals surface area contributed by atoms with Crippen LogP contribution in [0.4, 0.5) is 4.39 Å². The zero-order valence-corrected chi connectivity index (χ0v) is 11.3. The molecule has 1 aromatic rings. The molecular weight excluding hydrogens is 277 g/mol. The highest BCUT2D eigenvalue weighted by Crippen LogP contribution is 2.29. The van der Waals surface area contributed by atoms with Gasteiger partial charge in [-0.1, -0.05) is 12.5 Å². The molecule has 18 heavy (non-hydrogen) atoms. The first kappa shape index (κ1) is 13.8. The second-order valence-corrected chi connectivity index (χ2v) is 6.84. The Bertz CT molecular complexity index is 521. The van der Waals surface area contributed by atoms with Gasteiger partial charge in [0.2, 0.25) is 10.0 Å². The zero-order chi connectivity index (χ0) is 13.2. The molecule has 1 aliphatic rings. The molecule has 0 saturated heterocycles. The smallest absolute Gasteiger partial charge is 0.211 e. The molecule has 6 heteroatoms. The molecule has 2 rings (SSSR count). The van der Waals surface area contributed by atoms with E-state index in [0.29, 0.717) is 6.54 Å². The number of hydrogen-bond donors (Lipinski definition) is 1. The molecule has 2 unspecified atom stereocenters. The third kappa shape index (κ3) is 3.22. The van der Waals surface area contributed by atoms with E-state index >= 15 is 0 Å². The van der Waals surface area contributed by atoms with Crippen molar-refractivity contribution in [3.05, 3.63) is 30.1 Å². The van der Waals surface area contributed by atoms with Crippen LogP contribution < -0.4 is 4.72 Å². The fourth-order valence-corrected chi connectivity index (χ4v) is 3.65. The molecule has 1 aromatic carbocycles. The summed E-state index contributed by atoms with van der Waals surface area (Å²) in [5.41, 5.74) is 0. The van der Waals surface area contributed by atoms with Gasteiger partial charge in [0, 0.05) is 11.9 Å². The Balaban J connectivity index is 2.03. The van der Waals surface area contributed by atoms with Gasteiger partial charge in [-0.15, -0.1) is 11.6 Å². The van der Waals surface area contributed by atoms with Crippen molar-refractivity contribution in [3.63, 3.8) is 0 Å². The molecule has 1 N–H and O–H groups in total. The normalized spacial score (nSPS) is 24.3. The molecule has 0 radical (unpaired) electrons. The fraction of sp³-hybridized carbons (Fsp3) is 0.500. The van der Waals surface area contributed by atoms with Gasteiger partial charge in [-0.2, -0.15) is 0 Å². The minimum Gasteiger partial charge on any atom is -0.211 e. The van der Waals surface area contributed by atoms with Gasteiger partial charge in [-0.25, -0.2) is 17.5 Å². The molecule has 2 atom stereocenters. The monoisotopic (exact) mass is 291 g/mol. The van der Waals surface area contributed by atoms with Gasteiger partial charge in [0.15, 0.2) is 0 Å². The van der Waals surface area contributed by atoms with Gasteiger partial charge in [-0.3, -0.25) is 0 Å². The Morgan fingerprint density at radius 2 is 2.17 bits per heavy atom. The van der Waals surface area contributed by atoms with Crippen molar-refractivity contribution in [1.29, 1.82) is 0 Å². The second-order valence-electron chi connectivity index (χ2n) is 4.52. The van der Waals surface area contributed by atoms with Gasteiger partial charge in [-0.05, 0) is 37.0 Å². The van der Waals surface area contributed by atoms with Crippen LogP contribution in [-0.4, -0.2) is 20.3 Å². The van der Waals surface area contributed by atoms with Crippen LogP contribution in [0.15, 0.2) is 29.2 Å². The summed E-state index contributed by atoms with van der Waals surface area (Å²) in [4.78, 5) is -0.0494. The van der Waals surface area contributed by atoms with Crippen LogP contribution in [0.25, 0.3) is 0 Å². The molecule has 0 heterocycles. The summed E-state index contributed by atoms with van der Waals surface area (Å²) < 4.78 is 39.3. The second kappa shape index (κ2) is 5.55. The summed E-state index contributed by atoms with van der Waals surface area (Å²) in [6.45, 7) is 0.313. The zero-order valence-electron chi connectivity index (χ0n) is 9.77. The summed E-state index contributed by atoms with van der Waals surface area (Å²) in [7, 11) is -3.64. The average molecular weight is 292 g/mol. The first-order valence-corrected chi connectivity index (χ1v) is 7.80. The van der Waals surface area contributed by atoms with Crippen molar-refractivity contribution >= 4 is 21.6 Å². The molecule has 3 nitrogen and oxygen atoms in total. The topological polar surface area (TPSA) is 46.2 Å². The van der Waals surface area contributed by atoms with Crippen LogP contribution in [0, 0.1) is 11.7 Å². The van der Waals surface area contributed by atoms with E-state index in [-0.39, 0.29) is 16.2 Å². The average Bonchev–Trinajstić information content (AvgIpc) is 2.72. The van der Waals surface area contributed by atoms with E-state index in [4.69, 9.17) is 11.6 Å². The van der Waals surface area contributed by atoms with Crippen LogP contribution in [0.1, 0.15) is 19.3 Å². The Labute approximate surface area is 111 Å². The lowest BCUT2D eigenvalue weighted by atomic mass is 10.1. The molecule has 1 fully saturated rings. The molecule has 1 saturated carbocycles. The first-order chi connectivity index (χ1) is 8.49. The number of rotatable bonds is 4. The SMILES string of the molecule is O=S(=O)(NCC1CCCC1Cl)c1cccc(F)c1. The van der Waals surface area contributed by atoms with E-state index in [1.54, 1.807) is 0 Å². The molecule has 1 aliphatic carbocycles. The number of benzene rings is 1. The lowest BCUT2D eigenvalue weighted by Gasteiger charge is -2.14. The predicted octanol–water partition coefficient (Wildman–Crippen LogP) is 2.51. The minimum atomic E-state index is -3.64. The van der Waals surface area contributed by atoms with Gasteiger partial charge in [0.05, 0.1) is 4.90 Å². The molecule has 0 bridgehead atoms. The highest BCUT2D eigenvalue weighted by Gasteiger charge is 2.27. The van der Waals surface area contributed by atoms with Crippen molar-refractivity contribution in [3.8, 4) is 0 Å². The third-order valence-corrected chi connectivity index (χ3v) is 5.20. The maximum atomic E-state index is 13.0. The van der Waals surface area contributed by atoms with E-state index in [1.165, 1.54) is 18.2 Å². The number of nitrogens with one attached hydrogen (secondary N) is 1. The van der Waals surface area contributed by atoms with Crippen LogP contribution in [-0.2, 0) is 10.0 Å². The Morgan fingerprint density at radius 3 is 2.78 bits per heavy atom. The molecule has 0 spiro atoms. The van der Waals surface area contributed by atoms with Gasteiger partial charge in [0.1, 0.15) is 5.82 Å². The maximum absolute atomic E-state index is 13.0. The van der Waals surface area contributed by atoms with Crippen LogP contribution in [0.2, 0.25) is 0 Å². The van der Waals surface area contributed by atoms with Crippen molar-refractivity contribution in [2.75, 3.05) is 6.54 Å². The Morgan fingerprint density at radius 1 is 1.39 bits per heavy atom. The molecule has 0 amide bonds. The molecule has 0 aliphatic heterocycles. The highest BCUT2D eigenvalue weighted by atomic mass is 35.5. The summed E-state index contributed by atoms with van der Waals surface area (Å²) >= 11 is 6.08. The summed E-state index contributed by atoms with van der Waals surface area (Å²) in [5, 5.41) is 0.0280. The lowest BCUT2D eigenvalue weighted by Crippen LogP contribution is -2.31. The van der Waals surface area contributed by atoms with Crippen LogP contribution in [0.5, 0.6) is 0 Å². The predicted molar refractivity (Wildman–Crippen MR) is 68.6 cm³/mol. The Hall–Kier alpha value is -0.650. The van der Waals surface area contributed by atoms with Gasteiger partial charge >= 0.3 is 0 Å². The van der Waals surface area contributed by atoms with Crippen molar-refractivity contribution in [2.24, 2.45) is 5.92 Å². The summed E-state index contributed by atoms with van der Waals surface area (Å²) in [6.07, 6.45) is 2.88. The van der Waals surface area contributed by atoms with Crippen LogP contribution >= 0.6 is 11.6 Å². The van der Waals surface area contributed by atoms with Gasteiger partial charge in [0.25, 0.3) is 0 Å². The largest absolute Gasteiger partial charge is 0.240 e. The van der Waals surface area contributed by atoms with E-state index in [0.717, 1.165) is 25.3 Å². The van der Waals surface area contributed by atoms with Crippen molar-refractivity contribution in [2.45, 2.75) is 29.5 Å². The standard InChI is InChI=1S/C12H15ClFNO2S/c13-12-6-1-3-9(12)8-15-18(16,17)11-5-2-4-10(14)7-11/h2,4-5,7,9,12,15H,1,3,6,8H2. The minimum absolute atomic E-state index is 0.0280. The molecular formula is C12H15ClFNO2S. The lowest BCUT2D eigenvalue weighted by molar-refractivity contribution is 0.523.